The Bertz CT molecular complexity index is 1380. The highest BCUT2D eigenvalue weighted by Gasteiger charge is 2.34. The first-order valence-corrected chi connectivity index (χ1v) is 23.4. The van der Waals surface area contributed by atoms with Crippen LogP contribution >= 0.6 is 0 Å². The molecule has 13 nitrogen and oxygen atoms in total. The van der Waals surface area contributed by atoms with Crippen LogP contribution in [0.2, 0.25) is 0 Å². The highest BCUT2D eigenvalue weighted by Crippen LogP contribution is 2.30. The molecule has 16 atom stereocenters. The van der Waals surface area contributed by atoms with E-state index in [2.05, 4.69) is 19.9 Å². The molecule has 0 saturated carbocycles. The lowest BCUT2D eigenvalue weighted by Gasteiger charge is -2.33. The van der Waals surface area contributed by atoms with Crippen LogP contribution in [0.25, 0.3) is 0 Å². The van der Waals surface area contributed by atoms with E-state index in [4.69, 9.17) is 23.7 Å². The highest BCUT2D eigenvalue weighted by atomic mass is 16.6. The summed E-state index contributed by atoms with van der Waals surface area (Å²) in [4.78, 5) is 28.5. The van der Waals surface area contributed by atoms with E-state index in [0.717, 1.165) is 18.4 Å². The zero-order valence-electron chi connectivity index (χ0n) is 41.1. The standard InChI is InChI=1S/C50H89NO12/c1-32-22-23-33(2)43(61-13)27-25-35(4)49(57)39(8)45(63-50(58)41(31-59-11)51(9)10)19-15-14-16-21-46(54)62-44(20-17-18-40(30-32)60-12)38(7)48(56)34(3)24-26-42(53)37(6)47(55)36(5)28-29-52/h14-18,21,23,32,34-45,47-49,52-53,55-57H,19-20,22,24-31H2,1-13H3/b15-14+,18-17+,21-16+,33-23+/t32-,34+,35-,36-,37+,38-,39-,40+,41?,42-,43+,44+,45?,47-,48+,49-/m1/s1. The van der Waals surface area contributed by atoms with Gasteiger partial charge >= 0.3 is 11.9 Å². The van der Waals surface area contributed by atoms with Gasteiger partial charge in [0.1, 0.15) is 18.2 Å². The number of esters is 2. The van der Waals surface area contributed by atoms with E-state index in [1.807, 2.05) is 46.8 Å². The second kappa shape index (κ2) is 31.5. The number of hydrogen-bond donors (Lipinski definition) is 5. The van der Waals surface area contributed by atoms with Crippen LogP contribution < -0.4 is 0 Å². The molecule has 63 heavy (non-hydrogen) atoms. The normalized spacial score (nSPS) is 31.7. The monoisotopic (exact) mass is 896 g/mol. The van der Waals surface area contributed by atoms with Crippen molar-refractivity contribution in [3.05, 3.63) is 48.1 Å². The van der Waals surface area contributed by atoms with E-state index in [9.17, 15) is 35.1 Å². The van der Waals surface area contributed by atoms with Gasteiger partial charge < -0.3 is 49.2 Å². The van der Waals surface area contributed by atoms with Crippen molar-refractivity contribution in [2.75, 3.05) is 48.6 Å². The van der Waals surface area contributed by atoms with Crippen molar-refractivity contribution in [2.24, 2.45) is 41.4 Å². The molecule has 0 bridgehead atoms. The van der Waals surface area contributed by atoms with Crippen molar-refractivity contribution in [3.8, 4) is 0 Å². The lowest BCUT2D eigenvalue weighted by atomic mass is 9.82. The molecule has 0 spiro atoms. The summed E-state index contributed by atoms with van der Waals surface area (Å²) in [6.45, 7) is 15.7. The average molecular weight is 896 g/mol. The summed E-state index contributed by atoms with van der Waals surface area (Å²) in [6, 6.07) is -0.633. The van der Waals surface area contributed by atoms with Gasteiger partial charge in [0.15, 0.2) is 0 Å². The molecule has 0 radical (unpaired) electrons. The fraction of sp³-hybridized carbons (Fsp3) is 0.800. The Morgan fingerprint density at radius 3 is 2.16 bits per heavy atom. The van der Waals surface area contributed by atoms with Crippen LogP contribution in [0.15, 0.2) is 48.1 Å². The van der Waals surface area contributed by atoms with E-state index < -0.39 is 72.4 Å². The van der Waals surface area contributed by atoms with E-state index in [1.165, 1.54) is 13.2 Å². The molecule has 2 unspecified atom stereocenters. The molecule has 0 aliphatic carbocycles. The molecule has 13 heteroatoms. The maximum Gasteiger partial charge on any atom is 0.331 e. The lowest BCUT2D eigenvalue weighted by molar-refractivity contribution is -0.161. The lowest BCUT2D eigenvalue weighted by Crippen LogP contribution is -2.44. The quantitative estimate of drug-likeness (QED) is 0.0749. The molecule has 0 amide bonds. The summed E-state index contributed by atoms with van der Waals surface area (Å²) in [6.07, 6.45) is 12.5. The topological polar surface area (TPSA) is 185 Å². The van der Waals surface area contributed by atoms with Crippen molar-refractivity contribution in [1.82, 2.24) is 4.90 Å². The molecule has 1 aliphatic rings. The summed E-state index contributed by atoms with van der Waals surface area (Å²) < 4.78 is 29.2. The van der Waals surface area contributed by atoms with Gasteiger partial charge in [0.05, 0.1) is 43.2 Å². The minimum Gasteiger partial charge on any atom is -0.460 e. The molecular formula is C50H89NO12. The van der Waals surface area contributed by atoms with Gasteiger partial charge in [-0.15, -0.1) is 0 Å². The van der Waals surface area contributed by atoms with E-state index in [0.29, 0.717) is 38.5 Å². The van der Waals surface area contributed by atoms with Crippen LogP contribution in [0, 0.1) is 41.4 Å². The zero-order chi connectivity index (χ0) is 47.8. The number of allylic oxidation sites excluding steroid dienone is 3. The summed E-state index contributed by atoms with van der Waals surface area (Å²) in [5.41, 5.74) is 1.12. The molecule has 1 heterocycles. The van der Waals surface area contributed by atoms with Crippen molar-refractivity contribution in [3.63, 3.8) is 0 Å². The number of carbonyl (C=O) groups excluding carboxylic acids is 2. The number of aliphatic hydroxyl groups excluding tert-OH is 5. The van der Waals surface area contributed by atoms with Gasteiger partial charge in [0.25, 0.3) is 0 Å². The number of likely N-dealkylation sites (N-methyl/N-ethyl adjacent to an activating group) is 1. The first kappa shape index (κ1) is 58.6. The number of rotatable bonds is 18. The number of methoxy groups -OCH3 is 3. The molecule has 0 aromatic heterocycles. The second-order valence-electron chi connectivity index (χ2n) is 18.8. The number of carbonyl (C=O) groups is 2. The Labute approximate surface area is 380 Å². The van der Waals surface area contributed by atoms with Crippen LogP contribution in [-0.4, -0.2) is 146 Å². The van der Waals surface area contributed by atoms with Crippen LogP contribution in [0.3, 0.4) is 0 Å². The largest absolute Gasteiger partial charge is 0.460 e. The number of cyclic esters (lactones) is 1. The molecule has 1 aliphatic heterocycles. The van der Waals surface area contributed by atoms with E-state index in [-0.39, 0.29) is 55.5 Å². The minimum absolute atomic E-state index is 0.0365. The number of hydrogen-bond acceptors (Lipinski definition) is 13. The first-order valence-electron chi connectivity index (χ1n) is 23.4. The Hall–Kier alpha value is -2.46. The third kappa shape index (κ3) is 21.2. The number of aliphatic hydroxyl groups is 5. The summed E-state index contributed by atoms with van der Waals surface area (Å²) in [5.74, 6) is -2.61. The Kier molecular flexibility index (Phi) is 29.2. The summed E-state index contributed by atoms with van der Waals surface area (Å²) in [5, 5.41) is 54.1. The fourth-order valence-electron chi connectivity index (χ4n) is 8.38. The van der Waals surface area contributed by atoms with Crippen LogP contribution in [0.5, 0.6) is 0 Å². The van der Waals surface area contributed by atoms with Crippen LogP contribution in [0.4, 0.5) is 0 Å². The molecule has 1 rings (SSSR count). The average Bonchev–Trinajstić information content (AvgIpc) is 3.25. The maximum absolute atomic E-state index is 13.4. The minimum atomic E-state index is -0.868. The van der Waals surface area contributed by atoms with Crippen LogP contribution in [0.1, 0.15) is 113 Å². The third-order valence-corrected chi connectivity index (χ3v) is 13.4. The van der Waals surface area contributed by atoms with Crippen LogP contribution in [-0.2, 0) is 33.3 Å². The van der Waals surface area contributed by atoms with Crippen molar-refractivity contribution in [1.29, 1.82) is 0 Å². The van der Waals surface area contributed by atoms with E-state index in [1.54, 1.807) is 58.4 Å². The highest BCUT2D eigenvalue weighted by molar-refractivity contribution is 5.82. The Morgan fingerprint density at radius 2 is 1.56 bits per heavy atom. The number of nitrogens with zero attached hydrogens (tertiary/aromatic N) is 1. The Morgan fingerprint density at radius 1 is 0.889 bits per heavy atom. The van der Waals surface area contributed by atoms with Gasteiger partial charge in [-0.3, -0.25) is 9.69 Å². The predicted molar refractivity (Wildman–Crippen MR) is 249 cm³/mol. The van der Waals surface area contributed by atoms with Crippen molar-refractivity contribution in [2.45, 2.75) is 168 Å². The molecule has 0 saturated heterocycles. The summed E-state index contributed by atoms with van der Waals surface area (Å²) >= 11 is 0. The smallest absolute Gasteiger partial charge is 0.331 e. The molecule has 5 N–H and O–H groups in total. The van der Waals surface area contributed by atoms with Gasteiger partial charge in [-0.05, 0) is 95.2 Å². The van der Waals surface area contributed by atoms with E-state index >= 15 is 0 Å². The van der Waals surface area contributed by atoms with Crippen molar-refractivity contribution >= 4 is 11.9 Å². The SMILES string of the molecule is COCC(C(=O)OC1C/C=C/C=C/C(=O)O[C@H]([C@@H](C)[C@@H](O)[C@@H](C)CC[C@@H](O)[C@H](C)[C@H](O)[C@H](C)CCO)C/C=C/[C@H](OC)C[C@H](C)C/C=C(\C)[C@@H](OC)CC[C@@H](C)[C@@H](O)[C@@H]1C)N(C)C. The van der Waals surface area contributed by atoms with Gasteiger partial charge in [0, 0.05) is 64.6 Å². The third-order valence-electron chi connectivity index (χ3n) is 13.4. The molecule has 0 aromatic rings. The van der Waals surface area contributed by atoms with Gasteiger partial charge in [0.2, 0.25) is 0 Å². The van der Waals surface area contributed by atoms with Gasteiger partial charge in [-0.1, -0.05) is 84.9 Å². The molecule has 0 aromatic carbocycles. The second-order valence-corrected chi connectivity index (χ2v) is 18.8. The Balaban J connectivity index is 3.47. The van der Waals surface area contributed by atoms with Crippen molar-refractivity contribution < 1.29 is 58.8 Å². The molecular weight excluding hydrogens is 807 g/mol. The fourth-order valence-corrected chi connectivity index (χ4v) is 8.38. The summed E-state index contributed by atoms with van der Waals surface area (Å²) in [7, 11) is 8.47. The molecule has 366 valence electrons. The van der Waals surface area contributed by atoms with Gasteiger partial charge in [-0.25, -0.2) is 4.79 Å². The van der Waals surface area contributed by atoms with Gasteiger partial charge in [-0.2, -0.15) is 0 Å². The number of ether oxygens (including phenoxy) is 5. The zero-order valence-corrected chi connectivity index (χ0v) is 41.1. The first-order chi connectivity index (χ1) is 29.7. The predicted octanol–water partition coefficient (Wildman–Crippen LogP) is 6.44. The molecule has 0 fully saturated rings. The maximum atomic E-state index is 13.4.